The SMILES string of the molecule is CN1C(=O)C(C)(C)c2cc(NC(=O)c3ccc4nc[nH]c4c3)ccc21. The molecule has 6 heteroatoms. The van der Waals surface area contributed by atoms with Gasteiger partial charge >= 0.3 is 0 Å². The molecule has 0 unspecified atom stereocenters. The summed E-state index contributed by atoms with van der Waals surface area (Å²) in [5.41, 5.74) is 4.05. The van der Waals surface area contributed by atoms with E-state index in [1.807, 2.05) is 32.0 Å². The third kappa shape index (κ3) is 2.29. The smallest absolute Gasteiger partial charge is 0.255 e. The van der Waals surface area contributed by atoms with Crippen molar-refractivity contribution in [3.05, 3.63) is 53.9 Å². The quantitative estimate of drug-likeness (QED) is 0.756. The highest BCUT2D eigenvalue weighted by Gasteiger charge is 2.42. The fraction of sp³-hybridized carbons (Fsp3) is 0.211. The average molecular weight is 334 g/mol. The van der Waals surface area contributed by atoms with E-state index in [0.717, 1.165) is 22.3 Å². The Labute approximate surface area is 144 Å². The zero-order valence-corrected chi connectivity index (χ0v) is 14.3. The van der Waals surface area contributed by atoms with Gasteiger partial charge in [0.2, 0.25) is 5.91 Å². The summed E-state index contributed by atoms with van der Waals surface area (Å²) in [6, 6.07) is 10.9. The molecule has 0 radical (unpaired) electrons. The molecule has 4 rings (SSSR count). The van der Waals surface area contributed by atoms with E-state index in [1.165, 1.54) is 0 Å². The predicted octanol–water partition coefficient (Wildman–Crippen LogP) is 3.07. The van der Waals surface area contributed by atoms with Crippen LogP contribution >= 0.6 is 0 Å². The van der Waals surface area contributed by atoms with Crippen molar-refractivity contribution in [2.75, 3.05) is 17.3 Å². The maximum Gasteiger partial charge on any atom is 0.255 e. The van der Waals surface area contributed by atoms with Crippen LogP contribution in [0, 0.1) is 0 Å². The van der Waals surface area contributed by atoms with Crippen molar-refractivity contribution in [3.63, 3.8) is 0 Å². The van der Waals surface area contributed by atoms with E-state index >= 15 is 0 Å². The number of amides is 2. The second-order valence-electron chi connectivity index (χ2n) is 6.81. The number of fused-ring (bicyclic) bond motifs is 2. The Kier molecular flexibility index (Phi) is 3.18. The first kappa shape index (κ1) is 15.4. The fourth-order valence-corrected chi connectivity index (χ4v) is 3.33. The second-order valence-corrected chi connectivity index (χ2v) is 6.81. The molecule has 6 nitrogen and oxygen atoms in total. The fourth-order valence-electron chi connectivity index (χ4n) is 3.33. The number of nitrogens with zero attached hydrogens (tertiary/aromatic N) is 2. The van der Waals surface area contributed by atoms with Gasteiger partial charge in [0.15, 0.2) is 0 Å². The van der Waals surface area contributed by atoms with Crippen LogP contribution in [0.2, 0.25) is 0 Å². The molecule has 2 heterocycles. The molecule has 0 spiro atoms. The molecule has 0 saturated carbocycles. The van der Waals surface area contributed by atoms with Crippen LogP contribution in [-0.4, -0.2) is 28.8 Å². The van der Waals surface area contributed by atoms with Crippen molar-refractivity contribution in [1.82, 2.24) is 9.97 Å². The van der Waals surface area contributed by atoms with Crippen LogP contribution in [0.3, 0.4) is 0 Å². The number of hydrogen-bond donors (Lipinski definition) is 2. The molecule has 0 bridgehead atoms. The van der Waals surface area contributed by atoms with Crippen molar-refractivity contribution in [2.45, 2.75) is 19.3 Å². The van der Waals surface area contributed by atoms with Gasteiger partial charge < -0.3 is 15.2 Å². The molecular formula is C19H18N4O2. The largest absolute Gasteiger partial charge is 0.345 e. The number of rotatable bonds is 2. The van der Waals surface area contributed by atoms with E-state index in [4.69, 9.17) is 0 Å². The van der Waals surface area contributed by atoms with Crippen molar-refractivity contribution < 1.29 is 9.59 Å². The van der Waals surface area contributed by atoms with Gasteiger partial charge in [-0.3, -0.25) is 9.59 Å². The Morgan fingerprint density at radius 2 is 2.00 bits per heavy atom. The van der Waals surface area contributed by atoms with Gasteiger partial charge in [-0.2, -0.15) is 0 Å². The number of imidazole rings is 1. The van der Waals surface area contributed by atoms with E-state index in [2.05, 4.69) is 15.3 Å². The summed E-state index contributed by atoms with van der Waals surface area (Å²) in [4.78, 5) is 33.7. The molecule has 1 aromatic heterocycles. The molecule has 3 aromatic rings. The van der Waals surface area contributed by atoms with E-state index in [1.54, 1.807) is 36.5 Å². The molecule has 2 N–H and O–H groups in total. The lowest BCUT2D eigenvalue weighted by atomic mass is 9.86. The molecule has 2 amide bonds. The van der Waals surface area contributed by atoms with Gasteiger partial charge in [-0.1, -0.05) is 0 Å². The Morgan fingerprint density at radius 1 is 1.20 bits per heavy atom. The number of anilines is 2. The Balaban J connectivity index is 1.64. The van der Waals surface area contributed by atoms with Gasteiger partial charge in [-0.05, 0) is 55.8 Å². The number of likely N-dealkylation sites (N-methyl/N-ethyl adjacent to an activating group) is 1. The first-order valence-electron chi connectivity index (χ1n) is 8.05. The third-order valence-electron chi connectivity index (χ3n) is 4.81. The van der Waals surface area contributed by atoms with Crippen molar-refractivity contribution >= 4 is 34.2 Å². The average Bonchev–Trinajstić information content (AvgIpc) is 3.13. The summed E-state index contributed by atoms with van der Waals surface area (Å²) >= 11 is 0. The minimum absolute atomic E-state index is 0.0515. The number of hydrogen-bond acceptors (Lipinski definition) is 3. The molecule has 1 aliphatic rings. The van der Waals surface area contributed by atoms with E-state index in [0.29, 0.717) is 11.3 Å². The second kappa shape index (κ2) is 5.17. The van der Waals surface area contributed by atoms with Gasteiger partial charge in [0.1, 0.15) is 0 Å². The molecular weight excluding hydrogens is 316 g/mol. The van der Waals surface area contributed by atoms with Gasteiger partial charge in [-0.25, -0.2) is 4.98 Å². The molecule has 0 saturated heterocycles. The highest BCUT2D eigenvalue weighted by Crippen LogP contribution is 2.41. The van der Waals surface area contributed by atoms with Crippen molar-refractivity contribution in [3.8, 4) is 0 Å². The van der Waals surface area contributed by atoms with Crippen molar-refractivity contribution in [2.24, 2.45) is 0 Å². The summed E-state index contributed by atoms with van der Waals surface area (Å²) in [5, 5.41) is 2.91. The van der Waals surface area contributed by atoms with Crippen LogP contribution in [0.25, 0.3) is 11.0 Å². The number of benzene rings is 2. The van der Waals surface area contributed by atoms with Crippen LogP contribution in [0.1, 0.15) is 29.8 Å². The maximum atomic E-state index is 12.5. The molecule has 0 aliphatic carbocycles. The number of carbonyl (C=O) groups is 2. The van der Waals surface area contributed by atoms with Crippen LogP contribution < -0.4 is 10.2 Å². The van der Waals surface area contributed by atoms with Crippen LogP contribution in [0.4, 0.5) is 11.4 Å². The lowest BCUT2D eigenvalue weighted by Gasteiger charge is -2.16. The number of H-pyrrole nitrogens is 1. The minimum Gasteiger partial charge on any atom is -0.345 e. The predicted molar refractivity (Wildman–Crippen MR) is 96.9 cm³/mol. The highest BCUT2D eigenvalue weighted by molar-refractivity contribution is 6.09. The first-order chi connectivity index (χ1) is 11.9. The summed E-state index contributed by atoms with van der Waals surface area (Å²) in [7, 11) is 1.77. The van der Waals surface area contributed by atoms with Crippen LogP contribution in [0.5, 0.6) is 0 Å². The topological polar surface area (TPSA) is 78.1 Å². The number of aromatic amines is 1. The van der Waals surface area contributed by atoms with Gasteiger partial charge in [0.05, 0.1) is 22.8 Å². The van der Waals surface area contributed by atoms with Crippen LogP contribution in [0.15, 0.2) is 42.7 Å². The van der Waals surface area contributed by atoms with Gasteiger partial charge in [-0.15, -0.1) is 0 Å². The zero-order valence-electron chi connectivity index (χ0n) is 14.3. The number of nitrogens with one attached hydrogen (secondary N) is 2. The Morgan fingerprint density at radius 3 is 2.80 bits per heavy atom. The first-order valence-corrected chi connectivity index (χ1v) is 8.05. The Hall–Kier alpha value is -3.15. The summed E-state index contributed by atoms with van der Waals surface area (Å²) in [6.45, 7) is 3.80. The Bertz CT molecular complexity index is 1020. The van der Waals surface area contributed by atoms with Gasteiger partial charge in [0.25, 0.3) is 5.91 Å². The highest BCUT2D eigenvalue weighted by atomic mass is 16.2. The zero-order chi connectivity index (χ0) is 17.8. The summed E-state index contributed by atoms with van der Waals surface area (Å²) in [5.74, 6) is -0.150. The van der Waals surface area contributed by atoms with Gasteiger partial charge in [0, 0.05) is 24.0 Å². The molecule has 0 atom stereocenters. The molecule has 1 aliphatic heterocycles. The lowest BCUT2D eigenvalue weighted by Crippen LogP contribution is -2.33. The van der Waals surface area contributed by atoms with E-state index in [9.17, 15) is 9.59 Å². The van der Waals surface area contributed by atoms with Crippen molar-refractivity contribution in [1.29, 1.82) is 0 Å². The summed E-state index contributed by atoms with van der Waals surface area (Å²) < 4.78 is 0. The number of carbonyl (C=O) groups excluding carboxylic acids is 2. The monoisotopic (exact) mass is 334 g/mol. The van der Waals surface area contributed by atoms with E-state index < -0.39 is 5.41 Å². The third-order valence-corrected chi connectivity index (χ3v) is 4.81. The standard InChI is InChI=1S/C19H18N4O2/c1-19(2)13-9-12(5-7-16(13)23(3)18(19)25)22-17(24)11-4-6-14-15(8-11)21-10-20-14/h4-10H,1-3H3,(H,20,21)(H,22,24). The van der Waals surface area contributed by atoms with E-state index in [-0.39, 0.29) is 11.8 Å². The maximum absolute atomic E-state index is 12.5. The molecule has 126 valence electrons. The normalized spacial score (nSPS) is 15.5. The lowest BCUT2D eigenvalue weighted by molar-refractivity contribution is -0.121. The minimum atomic E-state index is -0.598. The van der Waals surface area contributed by atoms with Crippen LogP contribution in [-0.2, 0) is 10.2 Å². The molecule has 2 aromatic carbocycles. The number of aromatic nitrogens is 2. The molecule has 25 heavy (non-hydrogen) atoms. The molecule has 0 fully saturated rings. The summed E-state index contributed by atoms with van der Waals surface area (Å²) in [6.07, 6.45) is 1.60.